The number of carbonyl (C=O) groups is 1. The van der Waals surface area contributed by atoms with Gasteiger partial charge in [0.25, 0.3) is 0 Å². The Morgan fingerprint density at radius 2 is 2.19 bits per heavy atom. The average molecular weight is 307 g/mol. The highest BCUT2D eigenvalue weighted by Crippen LogP contribution is 2.16. The molecular weight excluding hydrogens is 292 g/mol. The Balaban J connectivity index is 0. The van der Waals surface area contributed by atoms with Crippen LogP contribution in [0.1, 0.15) is 38.2 Å². The van der Waals surface area contributed by atoms with Gasteiger partial charge < -0.3 is 4.74 Å². The lowest BCUT2D eigenvalue weighted by molar-refractivity contribution is 0.0520. The molecule has 0 amide bonds. The number of hydrogen-bond donors (Lipinski definition) is 0. The summed E-state index contributed by atoms with van der Waals surface area (Å²) in [4.78, 5) is 14.8. The maximum absolute atomic E-state index is 11.0. The van der Waals surface area contributed by atoms with Gasteiger partial charge in [0.2, 0.25) is 0 Å². The molecule has 0 aromatic carbocycles. The predicted molar refractivity (Wildman–Crippen MR) is 68.4 cm³/mol. The van der Waals surface area contributed by atoms with E-state index in [9.17, 15) is 4.79 Å². The summed E-state index contributed by atoms with van der Waals surface area (Å²) in [5.74, 6) is -0.366. The molecule has 1 aromatic heterocycles. The number of halogens is 1. The van der Waals surface area contributed by atoms with Crippen LogP contribution in [0.5, 0.6) is 0 Å². The molecule has 1 heterocycles. The van der Waals surface area contributed by atoms with E-state index < -0.39 is 0 Å². The lowest BCUT2D eigenvalue weighted by Gasteiger charge is -1.95. The van der Waals surface area contributed by atoms with E-state index in [1.807, 2.05) is 13.8 Å². The number of hydrogen-bond acceptors (Lipinski definition) is 5. The fourth-order valence-electron chi connectivity index (χ4n) is 0.551. The SMILES string of the molecule is CC.CC#N.CCOC(=O)c1csc(Br)n1. The fraction of sp³-hybridized carbons (Fsp3) is 0.500. The van der Waals surface area contributed by atoms with Crippen molar-refractivity contribution in [2.45, 2.75) is 27.7 Å². The van der Waals surface area contributed by atoms with Crippen molar-refractivity contribution in [2.24, 2.45) is 0 Å². The van der Waals surface area contributed by atoms with Crippen molar-refractivity contribution in [1.82, 2.24) is 4.98 Å². The third-order valence-electron chi connectivity index (χ3n) is 0.961. The zero-order valence-corrected chi connectivity index (χ0v) is 12.2. The largest absolute Gasteiger partial charge is 0.461 e. The lowest BCUT2D eigenvalue weighted by atomic mass is 10.5. The zero-order chi connectivity index (χ0) is 13.0. The third-order valence-corrected chi connectivity index (χ3v) is 2.33. The molecule has 0 atom stereocenters. The molecular formula is C10H15BrN2O2S. The monoisotopic (exact) mass is 306 g/mol. The summed E-state index contributed by atoms with van der Waals surface area (Å²) in [7, 11) is 0. The van der Waals surface area contributed by atoms with E-state index in [0.717, 1.165) is 0 Å². The Morgan fingerprint density at radius 1 is 1.69 bits per heavy atom. The molecule has 16 heavy (non-hydrogen) atoms. The van der Waals surface area contributed by atoms with Crippen LogP contribution in [-0.2, 0) is 4.74 Å². The smallest absolute Gasteiger partial charge is 0.357 e. The summed E-state index contributed by atoms with van der Waals surface area (Å²) in [6.45, 7) is 7.58. The minimum absolute atomic E-state index is 0.365. The summed E-state index contributed by atoms with van der Waals surface area (Å²) in [5, 5.41) is 8.97. The van der Waals surface area contributed by atoms with Crippen molar-refractivity contribution in [3.63, 3.8) is 0 Å². The molecule has 0 N–H and O–H groups in total. The minimum atomic E-state index is -0.366. The van der Waals surface area contributed by atoms with Crippen LogP contribution < -0.4 is 0 Å². The van der Waals surface area contributed by atoms with E-state index in [1.165, 1.54) is 18.3 Å². The van der Waals surface area contributed by atoms with Gasteiger partial charge in [-0.05, 0) is 22.9 Å². The van der Waals surface area contributed by atoms with E-state index in [0.29, 0.717) is 16.2 Å². The Hall–Kier alpha value is -0.930. The van der Waals surface area contributed by atoms with Gasteiger partial charge in [-0.25, -0.2) is 9.78 Å². The molecule has 0 fully saturated rings. The lowest BCUT2D eigenvalue weighted by Crippen LogP contribution is -2.04. The molecule has 0 saturated carbocycles. The van der Waals surface area contributed by atoms with Crippen molar-refractivity contribution < 1.29 is 9.53 Å². The standard InChI is InChI=1S/C6H6BrNO2S.C2H3N.C2H6/c1-2-10-5(9)4-3-11-6(7)8-4;1-2-3;1-2/h3H,2H2,1H3;1H3;1-2H3. The van der Waals surface area contributed by atoms with Crippen molar-refractivity contribution in [3.8, 4) is 6.07 Å². The van der Waals surface area contributed by atoms with E-state index in [1.54, 1.807) is 18.4 Å². The second kappa shape index (κ2) is 12.1. The molecule has 0 saturated heterocycles. The quantitative estimate of drug-likeness (QED) is 0.783. The summed E-state index contributed by atoms with van der Waals surface area (Å²) < 4.78 is 5.42. The minimum Gasteiger partial charge on any atom is -0.461 e. The van der Waals surface area contributed by atoms with E-state index >= 15 is 0 Å². The van der Waals surface area contributed by atoms with Gasteiger partial charge in [0.1, 0.15) is 0 Å². The second-order valence-electron chi connectivity index (χ2n) is 1.93. The molecule has 90 valence electrons. The highest BCUT2D eigenvalue weighted by molar-refractivity contribution is 9.11. The molecule has 1 rings (SSSR count). The van der Waals surface area contributed by atoms with Gasteiger partial charge in [0.15, 0.2) is 9.61 Å². The van der Waals surface area contributed by atoms with Gasteiger partial charge >= 0.3 is 5.97 Å². The maximum atomic E-state index is 11.0. The van der Waals surface area contributed by atoms with Crippen molar-refractivity contribution in [1.29, 1.82) is 5.26 Å². The normalized spacial score (nSPS) is 7.50. The van der Waals surface area contributed by atoms with E-state index in [2.05, 4.69) is 20.9 Å². The van der Waals surface area contributed by atoms with Crippen molar-refractivity contribution >= 4 is 33.2 Å². The first-order valence-corrected chi connectivity index (χ1v) is 6.41. The Labute approximate surface area is 108 Å². The van der Waals surface area contributed by atoms with E-state index in [4.69, 9.17) is 10.00 Å². The topological polar surface area (TPSA) is 63.0 Å². The molecule has 6 heteroatoms. The summed E-state index contributed by atoms with van der Waals surface area (Å²) in [6.07, 6.45) is 0. The van der Waals surface area contributed by atoms with Gasteiger partial charge in [-0.15, -0.1) is 11.3 Å². The van der Waals surface area contributed by atoms with Gasteiger partial charge in [-0.2, -0.15) is 5.26 Å². The number of nitrogens with zero attached hydrogens (tertiary/aromatic N) is 2. The van der Waals surface area contributed by atoms with Crippen LogP contribution in [0.3, 0.4) is 0 Å². The third kappa shape index (κ3) is 8.38. The molecule has 4 nitrogen and oxygen atoms in total. The van der Waals surface area contributed by atoms with Gasteiger partial charge in [0.05, 0.1) is 12.7 Å². The van der Waals surface area contributed by atoms with Gasteiger partial charge in [-0.1, -0.05) is 13.8 Å². The Kier molecular flexibility index (Phi) is 13.3. The van der Waals surface area contributed by atoms with Crippen LogP contribution in [0, 0.1) is 11.3 Å². The number of aromatic nitrogens is 1. The van der Waals surface area contributed by atoms with Crippen LogP contribution in [0.4, 0.5) is 0 Å². The number of nitriles is 1. The summed E-state index contributed by atoms with van der Waals surface area (Å²) in [6, 6.07) is 1.75. The number of ether oxygens (including phenoxy) is 1. The highest BCUT2D eigenvalue weighted by atomic mass is 79.9. The van der Waals surface area contributed by atoms with Gasteiger partial charge in [-0.3, -0.25) is 0 Å². The highest BCUT2D eigenvalue weighted by Gasteiger charge is 2.09. The fourth-order valence-corrected chi connectivity index (χ4v) is 1.53. The van der Waals surface area contributed by atoms with Crippen LogP contribution in [-0.4, -0.2) is 17.6 Å². The molecule has 0 bridgehead atoms. The first-order chi connectivity index (χ1) is 7.65. The van der Waals surface area contributed by atoms with Gasteiger partial charge in [0, 0.05) is 12.3 Å². The van der Waals surface area contributed by atoms with Crippen molar-refractivity contribution in [3.05, 3.63) is 15.0 Å². The number of rotatable bonds is 2. The van der Waals surface area contributed by atoms with Crippen LogP contribution >= 0.6 is 27.3 Å². The first-order valence-electron chi connectivity index (χ1n) is 4.74. The average Bonchev–Trinajstić information content (AvgIpc) is 2.69. The van der Waals surface area contributed by atoms with E-state index in [-0.39, 0.29) is 5.97 Å². The molecule has 1 aromatic rings. The number of thiazole rings is 1. The molecule has 0 radical (unpaired) electrons. The molecule has 0 aliphatic rings. The summed E-state index contributed by atoms with van der Waals surface area (Å²) >= 11 is 4.51. The van der Waals surface area contributed by atoms with Crippen molar-refractivity contribution in [2.75, 3.05) is 6.61 Å². The molecule has 0 spiro atoms. The first kappa shape index (κ1) is 17.5. The maximum Gasteiger partial charge on any atom is 0.357 e. The van der Waals surface area contributed by atoms with Crippen LogP contribution in [0.25, 0.3) is 0 Å². The zero-order valence-electron chi connectivity index (χ0n) is 9.78. The van der Waals surface area contributed by atoms with Crippen LogP contribution in [0.2, 0.25) is 0 Å². The summed E-state index contributed by atoms with van der Waals surface area (Å²) in [5.41, 5.74) is 0.365. The Morgan fingerprint density at radius 3 is 2.50 bits per heavy atom. The number of esters is 1. The van der Waals surface area contributed by atoms with Crippen LogP contribution in [0.15, 0.2) is 9.30 Å². The second-order valence-corrected chi connectivity index (χ2v) is 4.06. The Bertz CT molecular complexity index is 334. The molecule has 0 aliphatic heterocycles. The molecule has 0 aliphatic carbocycles. The predicted octanol–water partition coefficient (Wildman–Crippen LogP) is 3.64. The molecule has 0 unspecified atom stereocenters. The number of carbonyl (C=O) groups excluding carboxylic acids is 1.